The first-order valence-corrected chi connectivity index (χ1v) is 11.9. The fraction of sp³-hybridized carbons (Fsp3) is 0.300. The van der Waals surface area contributed by atoms with Crippen LogP contribution in [0.15, 0.2) is 47.4 Å². The van der Waals surface area contributed by atoms with Crippen LogP contribution in [0.1, 0.15) is 24.2 Å². The number of fused-ring (bicyclic) bond motifs is 1. The van der Waals surface area contributed by atoms with Crippen molar-refractivity contribution in [2.45, 2.75) is 31.0 Å². The van der Waals surface area contributed by atoms with E-state index in [2.05, 4.69) is 15.8 Å². The van der Waals surface area contributed by atoms with Gasteiger partial charge in [0.15, 0.2) is 0 Å². The summed E-state index contributed by atoms with van der Waals surface area (Å²) in [6.45, 7) is 4.22. The summed E-state index contributed by atoms with van der Waals surface area (Å²) in [5.41, 5.74) is 5.65. The number of ether oxygens (including phenoxy) is 1. The Labute approximate surface area is 183 Å². The molecule has 164 valence electrons. The third-order valence-corrected chi connectivity index (χ3v) is 7.58. The lowest BCUT2D eigenvalue weighted by Gasteiger charge is -2.34. The normalized spacial score (nSPS) is 20.0. The molecule has 0 unspecified atom stereocenters. The molecular formula is C20H21FN4O4S2. The third-order valence-electron chi connectivity index (χ3n) is 4.79. The highest BCUT2D eigenvalue weighted by Gasteiger charge is 2.32. The van der Waals surface area contributed by atoms with E-state index in [0.717, 1.165) is 0 Å². The van der Waals surface area contributed by atoms with E-state index < -0.39 is 21.7 Å². The summed E-state index contributed by atoms with van der Waals surface area (Å²) in [4.78, 5) is 16.6. The number of thiazole rings is 1. The number of para-hydroxylation sites is 1. The molecule has 0 saturated carbocycles. The highest BCUT2D eigenvalue weighted by atomic mass is 32.2. The Morgan fingerprint density at radius 2 is 1.84 bits per heavy atom. The number of hydrazine groups is 1. The SMILES string of the molecule is C[C@@H]1CN(S(=O)(=O)c2ccc(C(=O)NNc3nc4c(F)cccc4s3)cc2)C[C@H](C)O1. The molecule has 8 nitrogen and oxygen atoms in total. The second-order valence-corrected chi connectivity index (χ2v) is 10.3. The molecule has 4 rings (SSSR count). The first-order chi connectivity index (χ1) is 14.7. The van der Waals surface area contributed by atoms with Crippen molar-refractivity contribution in [3.05, 3.63) is 53.8 Å². The van der Waals surface area contributed by atoms with Crippen molar-refractivity contribution in [1.82, 2.24) is 14.7 Å². The van der Waals surface area contributed by atoms with Gasteiger partial charge in [-0.25, -0.2) is 17.8 Å². The number of morpholine rings is 1. The van der Waals surface area contributed by atoms with Crippen molar-refractivity contribution in [2.75, 3.05) is 18.5 Å². The van der Waals surface area contributed by atoms with Crippen LogP contribution >= 0.6 is 11.3 Å². The van der Waals surface area contributed by atoms with Crippen molar-refractivity contribution in [3.63, 3.8) is 0 Å². The van der Waals surface area contributed by atoms with E-state index in [0.29, 0.717) is 9.83 Å². The fourth-order valence-electron chi connectivity index (χ4n) is 3.41. The molecule has 3 aromatic rings. The minimum absolute atomic E-state index is 0.111. The van der Waals surface area contributed by atoms with Crippen LogP contribution in [0.3, 0.4) is 0 Å². The first kappa shape index (κ1) is 21.6. The number of amides is 1. The van der Waals surface area contributed by atoms with Crippen LogP contribution in [-0.4, -0.2) is 48.9 Å². The van der Waals surface area contributed by atoms with E-state index in [1.54, 1.807) is 12.1 Å². The van der Waals surface area contributed by atoms with Crippen LogP contribution in [0.4, 0.5) is 9.52 Å². The number of rotatable bonds is 5. The average Bonchev–Trinajstić information content (AvgIpc) is 3.16. The van der Waals surface area contributed by atoms with Gasteiger partial charge in [-0.15, -0.1) is 0 Å². The molecule has 2 atom stereocenters. The second kappa shape index (κ2) is 8.50. The van der Waals surface area contributed by atoms with E-state index in [1.807, 2.05) is 13.8 Å². The number of carbonyl (C=O) groups excluding carboxylic acids is 1. The fourth-order valence-corrected chi connectivity index (χ4v) is 5.83. The number of benzene rings is 2. The van der Waals surface area contributed by atoms with E-state index in [4.69, 9.17) is 4.74 Å². The van der Waals surface area contributed by atoms with Gasteiger partial charge < -0.3 is 4.74 Å². The van der Waals surface area contributed by atoms with Crippen molar-refractivity contribution in [1.29, 1.82) is 0 Å². The van der Waals surface area contributed by atoms with E-state index in [1.165, 1.54) is 46.0 Å². The van der Waals surface area contributed by atoms with Crippen LogP contribution in [0.25, 0.3) is 10.2 Å². The summed E-state index contributed by atoms with van der Waals surface area (Å²) in [6.07, 6.45) is -0.378. The zero-order valence-electron chi connectivity index (χ0n) is 16.8. The summed E-state index contributed by atoms with van der Waals surface area (Å²) in [5, 5.41) is 0.336. The molecule has 2 N–H and O–H groups in total. The number of halogens is 1. The van der Waals surface area contributed by atoms with E-state index in [-0.39, 0.29) is 41.3 Å². The Morgan fingerprint density at radius 1 is 1.16 bits per heavy atom. The lowest BCUT2D eigenvalue weighted by atomic mass is 10.2. The number of aromatic nitrogens is 1. The molecule has 31 heavy (non-hydrogen) atoms. The standard InChI is InChI=1S/C20H21FN4O4S2/c1-12-10-25(11-13(2)29-12)31(27,28)15-8-6-14(7-9-15)19(26)23-24-20-22-18-16(21)4-3-5-17(18)30-20/h3-9,12-13H,10-11H2,1-2H3,(H,22,24)(H,23,26)/t12-,13+. The molecule has 2 heterocycles. The quantitative estimate of drug-likeness (QED) is 0.563. The number of nitrogens with zero attached hydrogens (tertiary/aromatic N) is 2. The topological polar surface area (TPSA) is 101 Å². The molecule has 0 bridgehead atoms. The maximum Gasteiger partial charge on any atom is 0.269 e. The molecule has 1 fully saturated rings. The highest BCUT2D eigenvalue weighted by molar-refractivity contribution is 7.89. The van der Waals surface area contributed by atoms with Gasteiger partial charge in [0, 0.05) is 18.7 Å². The lowest BCUT2D eigenvalue weighted by molar-refractivity contribution is -0.0440. The Kier molecular flexibility index (Phi) is 5.93. The van der Waals surface area contributed by atoms with Crippen LogP contribution in [-0.2, 0) is 14.8 Å². The van der Waals surface area contributed by atoms with Gasteiger partial charge in [-0.05, 0) is 50.2 Å². The van der Waals surface area contributed by atoms with Crippen molar-refractivity contribution < 1.29 is 22.3 Å². The number of nitrogens with one attached hydrogen (secondary N) is 2. The van der Waals surface area contributed by atoms with E-state index in [9.17, 15) is 17.6 Å². The zero-order valence-corrected chi connectivity index (χ0v) is 18.5. The molecule has 11 heteroatoms. The van der Waals surface area contributed by atoms with Crippen molar-refractivity contribution >= 4 is 42.6 Å². The van der Waals surface area contributed by atoms with Crippen molar-refractivity contribution in [3.8, 4) is 0 Å². The molecule has 1 aromatic heterocycles. The van der Waals surface area contributed by atoms with Crippen LogP contribution in [0.2, 0.25) is 0 Å². The predicted molar refractivity (Wildman–Crippen MR) is 116 cm³/mol. The summed E-state index contributed by atoms with van der Waals surface area (Å²) in [6, 6.07) is 10.3. The molecule has 1 aliphatic rings. The summed E-state index contributed by atoms with van der Waals surface area (Å²) in [5.74, 6) is -0.911. The van der Waals surface area contributed by atoms with Gasteiger partial charge in [0.1, 0.15) is 11.3 Å². The average molecular weight is 465 g/mol. The third kappa shape index (κ3) is 4.54. The summed E-state index contributed by atoms with van der Waals surface area (Å²) < 4.78 is 47.2. The van der Waals surface area contributed by atoms with Gasteiger partial charge in [0.25, 0.3) is 5.91 Å². The van der Waals surface area contributed by atoms with Crippen molar-refractivity contribution in [2.24, 2.45) is 0 Å². The van der Waals surface area contributed by atoms with Gasteiger partial charge in [-0.3, -0.25) is 15.6 Å². The van der Waals surface area contributed by atoms with Gasteiger partial charge in [-0.2, -0.15) is 4.31 Å². The maximum atomic E-state index is 13.7. The van der Waals surface area contributed by atoms with Gasteiger partial charge in [0.2, 0.25) is 15.2 Å². The van der Waals surface area contributed by atoms with E-state index >= 15 is 0 Å². The Hall–Kier alpha value is -2.60. The lowest BCUT2D eigenvalue weighted by Crippen LogP contribution is -2.48. The largest absolute Gasteiger partial charge is 0.373 e. The second-order valence-electron chi connectivity index (χ2n) is 7.29. The molecule has 2 aromatic carbocycles. The zero-order chi connectivity index (χ0) is 22.2. The number of carbonyl (C=O) groups is 1. The molecule has 0 spiro atoms. The smallest absolute Gasteiger partial charge is 0.269 e. The van der Waals surface area contributed by atoms with Gasteiger partial charge in [0.05, 0.1) is 21.8 Å². The van der Waals surface area contributed by atoms with Crippen LogP contribution in [0.5, 0.6) is 0 Å². The summed E-state index contributed by atoms with van der Waals surface area (Å²) in [7, 11) is -3.68. The van der Waals surface area contributed by atoms with Crippen LogP contribution < -0.4 is 10.9 Å². The molecule has 1 amide bonds. The number of anilines is 1. The number of sulfonamides is 1. The first-order valence-electron chi connectivity index (χ1n) is 9.61. The minimum Gasteiger partial charge on any atom is -0.373 e. The Morgan fingerprint density at radius 3 is 2.48 bits per heavy atom. The molecule has 1 aliphatic heterocycles. The van der Waals surface area contributed by atoms with Gasteiger partial charge >= 0.3 is 0 Å². The predicted octanol–water partition coefficient (Wildman–Crippen LogP) is 2.99. The Bertz CT molecular complexity index is 1200. The molecule has 1 saturated heterocycles. The molecule has 0 aliphatic carbocycles. The molecule has 0 radical (unpaired) electrons. The van der Waals surface area contributed by atoms with Gasteiger partial charge in [-0.1, -0.05) is 17.4 Å². The molecular weight excluding hydrogens is 443 g/mol. The highest BCUT2D eigenvalue weighted by Crippen LogP contribution is 2.27. The monoisotopic (exact) mass is 464 g/mol. The maximum absolute atomic E-state index is 13.7. The number of hydrogen-bond donors (Lipinski definition) is 2. The van der Waals surface area contributed by atoms with Crippen LogP contribution in [0, 0.1) is 5.82 Å². The Balaban J connectivity index is 1.43. The number of hydrogen-bond acceptors (Lipinski definition) is 7. The minimum atomic E-state index is -3.68. The summed E-state index contributed by atoms with van der Waals surface area (Å²) >= 11 is 1.20.